The molecule has 0 heterocycles. The van der Waals surface area contributed by atoms with Crippen LogP contribution in [0, 0.1) is 20.8 Å². The molecule has 1 atom stereocenters. The number of halogens is 1. The van der Waals surface area contributed by atoms with Crippen LogP contribution in [-0.4, -0.2) is 7.05 Å². The fourth-order valence-corrected chi connectivity index (χ4v) is 2.79. The van der Waals surface area contributed by atoms with Gasteiger partial charge in [-0.3, -0.25) is 0 Å². The maximum atomic E-state index is 6.25. The van der Waals surface area contributed by atoms with Gasteiger partial charge in [0, 0.05) is 11.1 Å². The summed E-state index contributed by atoms with van der Waals surface area (Å²) < 4.78 is 0. The fraction of sp³-hybridized carbons (Fsp3) is 0.333. The number of likely N-dealkylation sites (N-methyl/N-ethyl adjacent to an activating group) is 1. The van der Waals surface area contributed by atoms with Gasteiger partial charge in [0.2, 0.25) is 0 Å². The third-order valence-corrected chi connectivity index (χ3v) is 4.37. The van der Waals surface area contributed by atoms with Crippen LogP contribution in [0.4, 0.5) is 0 Å². The van der Waals surface area contributed by atoms with Crippen LogP contribution in [-0.2, 0) is 6.42 Å². The predicted octanol–water partition coefficient (Wildman–Crippen LogP) is 4.77. The molecule has 2 aromatic carbocycles. The first kappa shape index (κ1) is 15.1. The number of benzene rings is 2. The summed E-state index contributed by atoms with van der Waals surface area (Å²) in [7, 11) is 2.01. The molecule has 0 spiro atoms. The number of nitrogens with one attached hydrogen (secondary N) is 1. The summed E-state index contributed by atoms with van der Waals surface area (Å²) in [5, 5.41) is 4.26. The zero-order chi connectivity index (χ0) is 14.7. The minimum Gasteiger partial charge on any atom is -0.313 e. The molecule has 1 unspecified atom stereocenters. The van der Waals surface area contributed by atoms with Crippen LogP contribution in [0.25, 0.3) is 0 Å². The zero-order valence-electron chi connectivity index (χ0n) is 12.6. The Balaban J connectivity index is 2.34. The molecule has 0 fully saturated rings. The molecule has 0 aliphatic heterocycles. The number of hydrogen-bond acceptors (Lipinski definition) is 1. The molecule has 0 aromatic heterocycles. The summed E-state index contributed by atoms with van der Waals surface area (Å²) in [5.41, 5.74) is 6.49. The summed E-state index contributed by atoms with van der Waals surface area (Å²) in [4.78, 5) is 0. The summed E-state index contributed by atoms with van der Waals surface area (Å²) in [5.74, 6) is 0. The second kappa shape index (κ2) is 6.43. The maximum Gasteiger partial charge on any atom is 0.0438 e. The standard InChI is InChI=1S/C18H22ClN/c1-12-8-9-13(2)15(10-12)11-18(20-4)16-6-5-7-17(19)14(16)3/h5-10,18,20H,11H2,1-4H3. The topological polar surface area (TPSA) is 12.0 Å². The summed E-state index contributed by atoms with van der Waals surface area (Å²) >= 11 is 6.25. The first-order valence-corrected chi connectivity index (χ1v) is 7.39. The molecule has 0 aliphatic carbocycles. The lowest BCUT2D eigenvalue weighted by Gasteiger charge is -2.21. The van der Waals surface area contributed by atoms with Crippen LogP contribution >= 0.6 is 11.6 Å². The van der Waals surface area contributed by atoms with Gasteiger partial charge in [0.15, 0.2) is 0 Å². The highest BCUT2D eigenvalue weighted by Gasteiger charge is 2.15. The highest BCUT2D eigenvalue weighted by molar-refractivity contribution is 6.31. The van der Waals surface area contributed by atoms with Crippen molar-refractivity contribution in [2.75, 3.05) is 7.05 Å². The Morgan fingerprint density at radius 1 is 1.10 bits per heavy atom. The molecule has 0 radical (unpaired) electrons. The van der Waals surface area contributed by atoms with Crippen molar-refractivity contribution in [3.05, 3.63) is 69.2 Å². The number of hydrogen-bond donors (Lipinski definition) is 1. The van der Waals surface area contributed by atoms with E-state index in [0.717, 1.165) is 11.4 Å². The normalized spacial score (nSPS) is 12.4. The Labute approximate surface area is 127 Å². The molecular weight excluding hydrogens is 266 g/mol. The van der Waals surface area contributed by atoms with Crippen molar-refractivity contribution < 1.29 is 0 Å². The molecule has 0 saturated heterocycles. The Bertz CT molecular complexity index is 604. The van der Waals surface area contributed by atoms with Crippen LogP contribution in [0.15, 0.2) is 36.4 Å². The minimum atomic E-state index is 0.286. The second-order valence-corrected chi connectivity index (χ2v) is 5.84. The van der Waals surface area contributed by atoms with Crippen LogP contribution < -0.4 is 5.32 Å². The maximum absolute atomic E-state index is 6.25. The van der Waals surface area contributed by atoms with Crippen LogP contribution in [0.5, 0.6) is 0 Å². The van der Waals surface area contributed by atoms with Crippen molar-refractivity contribution in [3.63, 3.8) is 0 Å². The van der Waals surface area contributed by atoms with Gasteiger partial charge in [0.25, 0.3) is 0 Å². The number of rotatable bonds is 4. The Kier molecular flexibility index (Phi) is 4.85. The second-order valence-electron chi connectivity index (χ2n) is 5.43. The number of aryl methyl sites for hydroxylation is 2. The molecule has 0 bridgehead atoms. The largest absolute Gasteiger partial charge is 0.313 e. The van der Waals surface area contributed by atoms with Crippen LogP contribution in [0.1, 0.15) is 33.9 Å². The van der Waals surface area contributed by atoms with Crippen LogP contribution in [0.2, 0.25) is 5.02 Å². The van der Waals surface area contributed by atoms with Gasteiger partial charge in [-0.1, -0.05) is 47.5 Å². The van der Waals surface area contributed by atoms with Gasteiger partial charge >= 0.3 is 0 Å². The molecular formula is C18H22ClN. The van der Waals surface area contributed by atoms with E-state index in [4.69, 9.17) is 11.6 Å². The third kappa shape index (κ3) is 3.23. The van der Waals surface area contributed by atoms with Gasteiger partial charge in [0.1, 0.15) is 0 Å². The highest BCUT2D eigenvalue weighted by atomic mass is 35.5. The Morgan fingerprint density at radius 3 is 2.55 bits per heavy atom. The lowest BCUT2D eigenvalue weighted by Crippen LogP contribution is -2.20. The van der Waals surface area contributed by atoms with E-state index >= 15 is 0 Å². The monoisotopic (exact) mass is 287 g/mol. The lowest BCUT2D eigenvalue weighted by atomic mass is 9.93. The SMILES string of the molecule is CNC(Cc1cc(C)ccc1C)c1cccc(Cl)c1C. The molecule has 2 aromatic rings. The molecule has 0 saturated carbocycles. The van der Waals surface area contributed by atoms with Gasteiger partial charge in [-0.05, 0) is 62.6 Å². The van der Waals surface area contributed by atoms with Gasteiger partial charge in [-0.2, -0.15) is 0 Å². The lowest BCUT2D eigenvalue weighted by molar-refractivity contribution is 0.587. The summed E-state index contributed by atoms with van der Waals surface area (Å²) in [6.45, 7) is 6.40. The third-order valence-electron chi connectivity index (χ3n) is 3.96. The van der Waals surface area contributed by atoms with Gasteiger partial charge < -0.3 is 5.32 Å². The minimum absolute atomic E-state index is 0.286. The van der Waals surface area contributed by atoms with Gasteiger partial charge in [0.05, 0.1) is 0 Å². The molecule has 0 amide bonds. The average molecular weight is 288 g/mol. The Morgan fingerprint density at radius 2 is 1.85 bits per heavy atom. The van der Waals surface area contributed by atoms with Gasteiger partial charge in [-0.15, -0.1) is 0 Å². The van der Waals surface area contributed by atoms with Crippen molar-refractivity contribution in [2.24, 2.45) is 0 Å². The molecule has 20 heavy (non-hydrogen) atoms. The summed E-state index contributed by atoms with van der Waals surface area (Å²) in [6, 6.07) is 13.1. The van der Waals surface area contributed by atoms with E-state index in [1.807, 2.05) is 19.2 Å². The molecule has 106 valence electrons. The van der Waals surface area contributed by atoms with E-state index in [-0.39, 0.29) is 6.04 Å². The smallest absolute Gasteiger partial charge is 0.0438 e. The first-order chi connectivity index (χ1) is 9.52. The van der Waals surface area contributed by atoms with Crippen molar-refractivity contribution in [3.8, 4) is 0 Å². The molecule has 1 nitrogen and oxygen atoms in total. The molecule has 2 heteroatoms. The van der Waals surface area contributed by atoms with Crippen molar-refractivity contribution >= 4 is 11.6 Å². The van der Waals surface area contributed by atoms with E-state index in [2.05, 4.69) is 50.4 Å². The molecule has 2 rings (SSSR count). The average Bonchev–Trinajstić information content (AvgIpc) is 2.43. The van der Waals surface area contributed by atoms with E-state index in [9.17, 15) is 0 Å². The first-order valence-electron chi connectivity index (χ1n) is 7.01. The van der Waals surface area contributed by atoms with Crippen molar-refractivity contribution in [1.82, 2.24) is 5.32 Å². The molecule has 0 aliphatic rings. The van der Waals surface area contributed by atoms with E-state index < -0.39 is 0 Å². The molecule has 1 N–H and O–H groups in total. The summed E-state index contributed by atoms with van der Waals surface area (Å²) in [6.07, 6.45) is 0.977. The highest BCUT2D eigenvalue weighted by Crippen LogP contribution is 2.27. The van der Waals surface area contributed by atoms with Gasteiger partial charge in [-0.25, -0.2) is 0 Å². The predicted molar refractivity (Wildman–Crippen MR) is 87.6 cm³/mol. The van der Waals surface area contributed by atoms with Crippen molar-refractivity contribution in [2.45, 2.75) is 33.2 Å². The van der Waals surface area contributed by atoms with Crippen LogP contribution in [0.3, 0.4) is 0 Å². The Hall–Kier alpha value is -1.31. The zero-order valence-corrected chi connectivity index (χ0v) is 13.4. The fourth-order valence-electron chi connectivity index (χ4n) is 2.61. The van der Waals surface area contributed by atoms with Crippen molar-refractivity contribution in [1.29, 1.82) is 0 Å². The van der Waals surface area contributed by atoms with E-state index in [0.29, 0.717) is 0 Å². The quantitative estimate of drug-likeness (QED) is 0.854. The van der Waals surface area contributed by atoms with E-state index in [1.54, 1.807) is 0 Å². The van der Waals surface area contributed by atoms with E-state index in [1.165, 1.54) is 27.8 Å².